The number of nitrogens with one attached hydrogen (secondary N) is 2. The van der Waals surface area contributed by atoms with Gasteiger partial charge in [0.05, 0.1) is 57.3 Å². The molecule has 3 rings (SSSR count). The number of fused-ring (bicyclic) bond motifs is 1. The Labute approximate surface area is 210 Å². The zero-order chi connectivity index (χ0) is 25.6. The highest BCUT2D eigenvalue weighted by molar-refractivity contribution is 6.04. The van der Waals surface area contributed by atoms with Crippen molar-refractivity contribution in [3.8, 4) is 5.75 Å². The number of benzene rings is 2. The number of imidazole rings is 1. The van der Waals surface area contributed by atoms with Gasteiger partial charge in [-0.1, -0.05) is 6.92 Å². The SMILES string of the molecule is CCC(=O)c1ccc2[nH]c(NC(=O)c3ccc(OCCOCCOCCOCCOC)cc3)nc2c1. The molecule has 0 aliphatic rings. The van der Waals surface area contributed by atoms with Gasteiger partial charge in [-0.25, -0.2) is 4.98 Å². The van der Waals surface area contributed by atoms with E-state index >= 15 is 0 Å². The minimum Gasteiger partial charge on any atom is -0.491 e. The molecule has 10 nitrogen and oxygen atoms in total. The summed E-state index contributed by atoms with van der Waals surface area (Å²) in [6.07, 6.45) is 0.424. The second kappa shape index (κ2) is 14.9. The summed E-state index contributed by atoms with van der Waals surface area (Å²) >= 11 is 0. The summed E-state index contributed by atoms with van der Waals surface area (Å²) in [5.74, 6) is 0.689. The summed E-state index contributed by atoms with van der Waals surface area (Å²) in [4.78, 5) is 31.9. The van der Waals surface area contributed by atoms with E-state index < -0.39 is 0 Å². The van der Waals surface area contributed by atoms with Crippen LogP contribution in [0.25, 0.3) is 11.0 Å². The monoisotopic (exact) mass is 499 g/mol. The van der Waals surface area contributed by atoms with Gasteiger partial charge < -0.3 is 28.7 Å². The van der Waals surface area contributed by atoms with E-state index in [1.807, 2.05) is 6.92 Å². The van der Waals surface area contributed by atoms with Crippen LogP contribution in [-0.4, -0.2) is 81.6 Å². The van der Waals surface area contributed by atoms with Crippen LogP contribution in [0.1, 0.15) is 34.1 Å². The Morgan fingerprint density at radius 3 is 2.08 bits per heavy atom. The number of hydrogen-bond donors (Lipinski definition) is 2. The fourth-order valence-corrected chi connectivity index (χ4v) is 3.23. The lowest BCUT2D eigenvalue weighted by molar-refractivity contribution is 0.000164. The molecular formula is C26H33N3O7. The molecule has 1 heterocycles. The van der Waals surface area contributed by atoms with Crippen molar-refractivity contribution in [3.63, 3.8) is 0 Å². The Balaban J connectivity index is 1.34. The maximum Gasteiger partial charge on any atom is 0.257 e. The molecule has 0 saturated carbocycles. The van der Waals surface area contributed by atoms with Crippen LogP contribution in [0.5, 0.6) is 5.75 Å². The molecule has 2 N–H and O–H groups in total. The van der Waals surface area contributed by atoms with Crippen molar-refractivity contribution >= 4 is 28.7 Å². The van der Waals surface area contributed by atoms with Crippen LogP contribution in [0, 0.1) is 0 Å². The van der Waals surface area contributed by atoms with E-state index in [1.54, 1.807) is 49.6 Å². The summed E-state index contributed by atoms with van der Waals surface area (Å²) in [5, 5.41) is 2.75. The van der Waals surface area contributed by atoms with Crippen LogP contribution < -0.4 is 10.1 Å². The number of Topliss-reactive ketones (excluding diaryl/α,β-unsaturated/α-hetero) is 1. The normalized spacial score (nSPS) is 11.1. The van der Waals surface area contributed by atoms with Crippen LogP contribution in [0.2, 0.25) is 0 Å². The lowest BCUT2D eigenvalue weighted by Crippen LogP contribution is -2.14. The predicted molar refractivity (Wildman–Crippen MR) is 135 cm³/mol. The Bertz CT molecular complexity index is 1100. The third kappa shape index (κ3) is 8.72. The van der Waals surface area contributed by atoms with Gasteiger partial charge in [0.25, 0.3) is 5.91 Å². The first-order valence-electron chi connectivity index (χ1n) is 11.9. The van der Waals surface area contributed by atoms with E-state index in [2.05, 4.69) is 15.3 Å². The first-order valence-corrected chi connectivity index (χ1v) is 11.9. The number of carbonyl (C=O) groups excluding carboxylic acids is 2. The molecule has 0 aliphatic carbocycles. The molecule has 3 aromatic rings. The third-order valence-electron chi connectivity index (χ3n) is 5.15. The van der Waals surface area contributed by atoms with Crippen LogP contribution in [0.3, 0.4) is 0 Å². The summed E-state index contributed by atoms with van der Waals surface area (Å²) in [5.41, 5.74) is 2.42. The first-order chi connectivity index (χ1) is 17.6. The van der Waals surface area contributed by atoms with Gasteiger partial charge in [-0.15, -0.1) is 0 Å². The minimum absolute atomic E-state index is 0.0453. The van der Waals surface area contributed by atoms with Crippen molar-refractivity contribution in [2.24, 2.45) is 0 Å². The topological polar surface area (TPSA) is 121 Å². The predicted octanol–water partition coefficient (Wildman–Crippen LogP) is 3.48. The quantitative estimate of drug-likeness (QED) is 0.214. The number of ether oxygens (including phenoxy) is 5. The number of H-pyrrole nitrogens is 1. The zero-order valence-corrected chi connectivity index (χ0v) is 20.7. The number of hydrogen-bond acceptors (Lipinski definition) is 8. The van der Waals surface area contributed by atoms with E-state index in [-0.39, 0.29) is 11.7 Å². The summed E-state index contributed by atoms with van der Waals surface area (Å²) in [7, 11) is 1.63. The molecule has 2 aromatic carbocycles. The highest BCUT2D eigenvalue weighted by atomic mass is 16.6. The first kappa shape index (κ1) is 27.3. The minimum atomic E-state index is -0.308. The highest BCUT2D eigenvalue weighted by Gasteiger charge is 2.11. The highest BCUT2D eigenvalue weighted by Crippen LogP contribution is 2.18. The molecule has 194 valence electrons. The summed E-state index contributed by atoms with van der Waals surface area (Å²) in [6, 6.07) is 12.1. The van der Waals surface area contributed by atoms with E-state index in [4.69, 9.17) is 23.7 Å². The number of aromatic nitrogens is 2. The molecule has 36 heavy (non-hydrogen) atoms. The number of carbonyl (C=O) groups is 2. The number of rotatable bonds is 17. The average molecular weight is 500 g/mol. The Kier molecular flexibility index (Phi) is 11.3. The molecular weight excluding hydrogens is 466 g/mol. The van der Waals surface area contributed by atoms with Gasteiger partial charge in [0.1, 0.15) is 12.4 Å². The number of nitrogens with zero attached hydrogens (tertiary/aromatic N) is 1. The molecule has 0 unspecified atom stereocenters. The molecule has 0 fully saturated rings. The number of amides is 1. The fourth-order valence-electron chi connectivity index (χ4n) is 3.23. The van der Waals surface area contributed by atoms with Crippen molar-refractivity contribution in [1.29, 1.82) is 0 Å². The Hall–Kier alpha value is -3.31. The molecule has 0 saturated heterocycles. The summed E-state index contributed by atoms with van der Waals surface area (Å²) in [6.45, 7) is 5.76. The lowest BCUT2D eigenvalue weighted by Gasteiger charge is -2.09. The lowest BCUT2D eigenvalue weighted by atomic mass is 10.1. The van der Waals surface area contributed by atoms with Crippen molar-refractivity contribution in [2.45, 2.75) is 13.3 Å². The molecule has 0 radical (unpaired) electrons. The molecule has 0 spiro atoms. The number of anilines is 1. The standard InChI is InChI=1S/C26H33N3O7/c1-3-24(30)20-6-9-22-23(18-20)28-26(27-22)29-25(31)19-4-7-21(8-5-19)36-17-16-35-15-14-34-13-12-33-11-10-32-2/h4-9,18H,3,10-17H2,1-2H3,(H2,27,28,29,31). The molecule has 1 amide bonds. The number of aromatic amines is 1. The van der Waals surface area contributed by atoms with Gasteiger partial charge >= 0.3 is 0 Å². The van der Waals surface area contributed by atoms with Gasteiger partial charge in [-0.05, 0) is 42.5 Å². The van der Waals surface area contributed by atoms with Crippen molar-refractivity contribution in [1.82, 2.24) is 9.97 Å². The van der Waals surface area contributed by atoms with Gasteiger partial charge in [0.2, 0.25) is 5.95 Å². The Morgan fingerprint density at radius 1 is 0.833 bits per heavy atom. The maximum atomic E-state index is 12.6. The van der Waals surface area contributed by atoms with Gasteiger partial charge in [0.15, 0.2) is 5.78 Å². The second-order valence-corrected chi connectivity index (χ2v) is 7.75. The number of ketones is 1. The van der Waals surface area contributed by atoms with Crippen molar-refractivity contribution in [2.75, 3.05) is 65.3 Å². The summed E-state index contributed by atoms with van der Waals surface area (Å²) < 4.78 is 26.7. The van der Waals surface area contributed by atoms with E-state index in [0.29, 0.717) is 87.6 Å². The van der Waals surface area contributed by atoms with Gasteiger partial charge in [0, 0.05) is 24.7 Å². The van der Waals surface area contributed by atoms with Gasteiger partial charge in [-0.2, -0.15) is 0 Å². The van der Waals surface area contributed by atoms with E-state index in [0.717, 1.165) is 5.52 Å². The maximum absolute atomic E-state index is 12.6. The largest absolute Gasteiger partial charge is 0.491 e. The van der Waals surface area contributed by atoms with E-state index in [1.165, 1.54) is 0 Å². The zero-order valence-electron chi connectivity index (χ0n) is 20.7. The molecule has 1 aromatic heterocycles. The molecule has 10 heteroatoms. The van der Waals surface area contributed by atoms with Gasteiger partial charge in [-0.3, -0.25) is 14.9 Å². The smallest absolute Gasteiger partial charge is 0.257 e. The van der Waals surface area contributed by atoms with Crippen molar-refractivity contribution in [3.05, 3.63) is 53.6 Å². The van der Waals surface area contributed by atoms with Crippen molar-refractivity contribution < 1.29 is 33.3 Å². The molecule has 0 aliphatic heterocycles. The molecule has 0 atom stereocenters. The Morgan fingerprint density at radius 2 is 1.44 bits per heavy atom. The van der Waals surface area contributed by atoms with Crippen LogP contribution in [0.15, 0.2) is 42.5 Å². The van der Waals surface area contributed by atoms with Crippen LogP contribution in [-0.2, 0) is 18.9 Å². The molecule has 0 bridgehead atoms. The van der Waals surface area contributed by atoms with E-state index in [9.17, 15) is 9.59 Å². The average Bonchev–Trinajstić information content (AvgIpc) is 3.30. The second-order valence-electron chi connectivity index (χ2n) is 7.75. The number of methoxy groups -OCH3 is 1. The van der Waals surface area contributed by atoms with Crippen LogP contribution in [0.4, 0.5) is 5.95 Å². The fraction of sp³-hybridized carbons (Fsp3) is 0.423. The third-order valence-corrected chi connectivity index (χ3v) is 5.15. The van der Waals surface area contributed by atoms with Crippen LogP contribution >= 0.6 is 0 Å².